The Kier molecular flexibility index (Phi) is 3.53. The zero-order valence-electron chi connectivity index (χ0n) is 9.19. The van der Waals surface area contributed by atoms with Crippen LogP contribution in [0, 0.1) is 17.1 Å². The van der Waals surface area contributed by atoms with Gasteiger partial charge in [-0.05, 0) is 36.4 Å². The molecule has 0 aliphatic rings. The molecule has 17 heavy (non-hydrogen) atoms. The maximum absolute atomic E-state index is 12.7. The van der Waals surface area contributed by atoms with E-state index >= 15 is 0 Å². The maximum atomic E-state index is 12.7. The van der Waals surface area contributed by atoms with E-state index in [1.54, 1.807) is 12.1 Å². The number of nitrogens with zero attached hydrogens (tertiary/aromatic N) is 1. The minimum Gasteiger partial charge on any atom is -0.455 e. The Labute approximate surface area is 98.5 Å². The third-order valence-corrected chi connectivity index (χ3v) is 2.37. The van der Waals surface area contributed by atoms with Crippen molar-refractivity contribution < 1.29 is 14.1 Å². The Morgan fingerprint density at radius 3 is 2.65 bits per heavy atom. The van der Waals surface area contributed by atoms with Gasteiger partial charge >= 0.3 is 0 Å². The van der Waals surface area contributed by atoms with E-state index in [9.17, 15) is 4.39 Å². The van der Waals surface area contributed by atoms with Crippen LogP contribution < -0.4 is 5.32 Å². The first-order valence-corrected chi connectivity index (χ1v) is 5.33. The minimum absolute atomic E-state index is 0.261. The van der Waals surface area contributed by atoms with E-state index in [1.807, 2.05) is 23.5 Å². The summed E-state index contributed by atoms with van der Waals surface area (Å²) >= 11 is 0. The number of furan rings is 1. The topological polar surface area (TPSA) is 53.5 Å². The fourth-order valence-electron chi connectivity index (χ4n) is 1.54. The van der Waals surface area contributed by atoms with Gasteiger partial charge in [0.1, 0.15) is 24.2 Å². The van der Waals surface area contributed by atoms with Crippen molar-refractivity contribution in [2.45, 2.75) is 6.54 Å². The summed E-state index contributed by atoms with van der Waals surface area (Å²) in [6.07, 6.45) is 0. The maximum Gasteiger partial charge on any atom is 0.163 e. The summed E-state index contributed by atoms with van der Waals surface area (Å²) in [5.74, 6) is 1.26. The first-order chi connectivity index (χ1) is 8.29. The molecule has 1 aromatic heterocycles. The van der Waals surface area contributed by atoms with Crippen molar-refractivity contribution >= 4 is 0 Å². The Morgan fingerprint density at radius 2 is 1.94 bits per heavy atom. The number of rotatable bonds is 4. The van der Waals surface area contributed by atoms with Crippen molar-refractivity contribution in [3.63, 3.8) is 0 Å². The second-order valence-corrected chi connectivity index (χ2v) is 3.63. The van der Waals surface area contributed by atoms with E-state index in [-0.39, 0.29) is 5.82 Å². The summed E-state index contributed by atoms with van der Waals surface area (Å²) in [6, 6.07) is 11.9. The molecular formula is C13H12FN2O+. The van der Waals surface area contributed by atoms with Crippen molar-refractivity contribution in [1.82, 2.24) is 0 Å². The molecule has 0 atom stereocenters. The molecule has 0 fully saturated rings. The van der Waals surface area contributed by atoms with E-state index in [0.717, 1.165) is 11.3 Å². The molecule has 0 unspecified atom stereocenters. The van der Waals surface area contributed by atoms with Crippen LogP contribution in [0.1, 0.15) is 5.76 Å². The minimum atomic E-state index is -0.261. The number of hydrogen-bond acceptors (Lipinski definition) is 2. The van der Waals surface area contributed by atoms with Gasteiger partial charge in [-0.1, -0.05) is 0 Å². The molecule has 0 aliphatic carbocycles. The van der Waals surface area contributed by atoms with E-state index in [1.165, 1.54) is 12.1 Å². The number of nitriles is 1. The number of halogens is 1. The second-order valence-electron chi connectivity index (χ2n) is 3.63. The lowest BCUT2D eigenvalue weighted by atomic mass is 10.2. The highest BCUT2D eigenvalue weighted by molar-refractivity contribution is 5.57. The van der Waals surface area contributed by atoms with Crippen LogP contribution in [-0.2, 0) is 6.54 Å². The van der Waals surface area contributed by atoms with E-state index in [0.29, 0.717) is 18.8 Å². The highest BCUT2D eigenvalue weighted by Crippen LogP contribution is 2.21. The third kappa shape index (κ3) is 2.92. The lowest BCUT2D eigenvalue weighted by Gasteiger charge is -1.96. The molecule has 0 spiro atoms. The van der Waals surface area contributed by atoms with Crippen molar-refractivity contribution in [2.75, 3.05) is 6.54 Å². The van der Waals surface area contributed by atoms with Crippen LogP contribution in [0.3, 0.4) is 0 Å². The highest BCUT2D eigenvalue weighted by Gasteiger charge is 2.05. The molecular weight excluding hydrogens is 219 g/mol. The molecule has 2 aromatic rings. The summed E-state index contributed by atoms with van der Waals surface area (Å²) < 4.78 is 18.3. The lowest BCUT2D eigenvalue weighted by Crippen LogP contribution is -2.82. The number of benzene rings is 1. The van der Waals surface area contributed by atoms with Crippen LogP contribution in [0.15, 0.2) is 40.8 Å². The molecule has 0 saturated heterocycles. The fraction of sp³-hybridized carbons (Fsp3) is 0.154. The van der Waals surface area contributed by atoms with Gasteiger partial charge in [0, 0.05) is 5.56 Å². The molecule has 0 bridgehead atoms. The van der Waals surface area contributed by atoms with Crippen molar-refractivity contribution in [2.24, 2.45) is 0 Å². The quantitative estimate of drug-likeness (QED) is 0.642. The molecule has 0 aliphatic heterocycles. The van der Waals surface area contributed by atoms with E-state index in [2.05, 4.69) is 0 Å². The first kappa shape index (κ1) is 11.4. The summed E-state index contributed by atoms with van der Waals surface area (Å²) in [5.41, 5.74) is 0.845. The Bertz CT molecular complexity index is 525. The van der Waals surface area contributed by atoms with Crippen LogP contribution in [0.4, 0.5) is 4.39 Å². The normalized spacial score (nSPS) is 10.1. The van der Waals surface area contributed by atoms with Gasteiger partial charge in [-0.15, -0.1) is 0 Å². The van der Waals surface area contributed by atoms with Crippen LogP contribution in [-0.4, -0.2) is 6.54 Å². The molecule has 86 valence electrons. The Hall–Kier alpha value is -2.12. The summed E-state index contributed by atoms with van der Waals surface area (Å²) in [6.45, 7) is 1.04. The second kappa shape index (κ2) is 5.28. The highest BCUT2D eigenvalue weighted by atomic mass is 19.1. The summed E-state index contributed by atoms with van der Waals surface area (Å²) in [7, 11) is 0. The number of nitrogens with two attached hydrogens (primary N) is 1. The lowest BCUT2D eigenvalue weighted by molar-refractivity contribution is -0.662. The van der Waals surface area contributed by atoms with Gasteiger partial charge in [-0.3, -0.25) is 0 Å². The van der Waals surface area contributed by atoms with E-state index in [4.69, 9.17) is 9.68 Å². The average molecular weight is 231 g/mol. The van der Waals surface area contributed by atoms with Crippen LogP contribution >= 0.6 is 0 Å². The van der Waals surface area contributed by atoms with Gasteiger partial charge < -0.3 is 9.73 Å². The van der Waals surface area contributed by atoms with Gasteiger partial charge in [-0.25, -0.2) is 4.39 Å². The molecule has 2 N–H and O–H groups in total. The fourth-order valence-corrected chi connectivity index (χ4v) is 1.54. The SMILES string of the molecule is N#CC[NH2+]Cc1ccc(-c2ccc(F)cc2)o1. The van der Waals surface area contributed by atoms with E-state index < -0.39 is 0 Å². The van der Waals surface area contributed by atoms with Crippen molar-refractivity contribution in [3.05, 3.63) is 48.0 Å². The predicted molar refractivity (Wildman–Crippen MR) is 60.2 cm³/mol. The Balaban J connectivity index is 2.08. The molecule has 0 radical (unpaired) electrons. The number of quaternary nitrogens is 1. The van der Waals surface area contributed by atoms with Gasteiger partial charge in [0.2, 0.25) is 0 Å². The first-order valence-electron chi connectivity index (χ1n) is 5.33. The Morgan fingerprint density at radius 1 is 1.18 bits per heavy atom. The smallest absolute Gasteiger partial charge is 0.163 e. The van der Waals surface area contributed by atoms with Gasteiger partial charge in [0.15, 0.2) is 12.3 Å². The molecule has 0 amide bonds. The molecule has 3 nitrogen and oxygen atoms in total. The molecule has 1 aromatic carbocycles. The third-order valence-electron chi connectivity index (χ3n) is 2.37. The zero-order valence-corrected chi connectivity index (χ0v) is 9.19. The zero-order chi connectivity index (χ0) is 12.1. The van der Waals surface area contributed by atoms with Gasteiger partial charge in [0.05, 0.1) is 0 Å². The molecule has 4 heteroatoms. The average Bonchev–Trinajstić information content (AvgIpc) is 2.79. The molecule has 0 saturated carbocycles. The van der Waals surface area contributed by atoms with Crippen LogP contribution in [0.5, 0.6) is 0 Å². The predicted octanol–water partition coefficient (Wildman–Crippen LogP) is 1.67. The molecule has 2 rings (SSSR count). The molecule has 1 heterocycles. The van der Waals surface area contributed by atoms with Crippen LogP contribution in [0.2, 0.25) is 0 Å². The monoisotopic (exact) mass is 231 g/mol. The summed E-state index contributed by atoms with van der Waals surface area (Å²) in [4.78, 5) is 0. The van der Waals surface area contributed by atoms with Crippen molar-refractivity contribution in [3.8, 4) is 17.4 Å². The number of hydrogen-bond donors (Lipinski definition) is 1. The van der Waals surface area contributed by atoms with Gasteiger partial charge in [-0.2, -0.15) is 5.26 Å². The summed E-state index contributed by atoms with van der Waals surface area (Å²) in [5, 5.41) is 10.3. The largest absolute Gasteiger partial charge is 0.455 e. The standard InChI is InChI=1S/C13H11FN2O/c14-11-3-1-10(2-4-11)13-6-5-12(17-13)9-16-8-7-15/h1-6,16H,8-9H2/p+1. The van der Waals surface area contributed by atoms with Gasteiger partial charge in [0.25, 0.3) is 0 Å². The van der Waals surface area contributed by atoms with Crippen molar-refractivity contribution in [1.29, 1.82) is 5.26 Å². The van der Waals surface area contributed by atoms with Crippen LogP contribution in [0.25, 0.3) is 11.3 Å².